The van der Waals surface area contributed by atoms with Gasteiger partial charge in [0, 0.05) is 13.7 Å². The van der Waals surface area contributed by atoms with E-state index in [0.717, 1.165) is 38.9 Å². The zero-order valence-electron chi connectivity index (χ0n) is 13.0. The van der Waals surface area contributed by atoms with Crippen LogP contribution in [0.15, 0.2) is 24.3 Å². The smallest absolute Gasteiger partial charge is 0.309 e. The van der Waals surface area contributed by atoms with E-state index in [-0.39, 0.29) is 0 Å². The third-order valence-corrected chi connectivity index (χ3v) is 4.76. The SMILES string of the molecule is CCC1(C(=O)O)CCN(Cc2ccccc2COC)CC1. The van der Waals surface area contributed by atoms with Crippen molar-refractivity contribution in [3.8, 4) is 0 Å². The zero-order chi connectivity index (χ0) is 15.3. The van der Waals surface area contributed by atoms with E-state index in [1.54, 1.807) is 7.11 Å². The molecule has 1 fully saturated rings. The summed E-state index contributed by atoms with van der Waals surface area (Å²) in [5.41, 5.74) is 1.98. The molecule has 4 heteroatoms. The van der Waals surface area contributed by atoms with E-state index >= 15 is 0 Å². The number of hydrogen-bond acceptors (Lipinski definition) is 3. The first kappa shape index (κ1) is 16.0. The van der Waals surface area contributed by atoms with E-state index in [9.17, 15) is 9.90 Å². The number of benzene rings is 1. The number of methoxy groups -OCH3 is 1. The number of carbonyl (C=O) groups is 1. The van der Waals surface area contributed by atoms with Gasteiger partial charge in [-0.1, -0.05) is 31.2 Å². The fourth-order valence-corrected chi connectivity index (χ4v) is 3.11. The lowest BCUT2D eigenvalue weighted by molar-refractivity contribution is -0.152. The van der Waals surface area contributed by atoms with Crippen LogP contribution in [-0.2, 0) is 22.7 Å². The molecule has 1 N–H and O–H groups in total. The van der Waals surface area contributed by atoms with E-state index in [4.69, 9.17) is 4.74 Å². The van der Waals surface area contributed by atoms with Gasteiger partial charge in [0.05, 0.1) is 12.0 Å². The van der Waals surface area contributed by atoms with E-state index < -0.39 is 11.4 Å². The molecule has 21 heavy (non-hydrogen) atoms. The van der Waals surface area contributed by atoms with Crippen LogP contribution in [0.5, 0.6) is 0 Å². The first-order chi connectivity index (χ1) is 10.1. The standard InChI is InChI=1S/C17H25NO3/c1-3-17(16(19)20)8-10-18(11-9-17)12-14-6-4-5-7-15(14)13-21-2/h4-7H,3,8-13H2,1-2H3,(H,19,20). The van der Waals surface area contributed by atoms with Gasteiger partial charge in [-0.3, -0.25) is 9.69 Å². The monoisotopic (exact) mass is 291 g/mol. The topological polar surface area (TPSA) is 49.8 Å². The number of hydrogen-bond donors (Lipinski definition) is 1. The van der Waals surface area contributed by atoms with E-state index in [1.807, 2.05) is 19.1 Å². The molecule has 1 aromatic carbocycles. The Kier molecular flexibility index (Phi) is 5.37. The largest absolute Gasteiger partial charge is 0.481 e. The predicted octanol–water partition coefficient (Wildman–Crippen LogP) is 2.91. The van der Waals surface area contributed by atoms with Crippen LogP contribution in [0.1, 0.15) is 37.3 Å². The predicted molar refractivity (Wildman–Crippen MR) is 82.0 cm³/mol. The molecule has 4 nitrogen and oxygen atoms in total. The van der Waals surface area contributed by atoms with Gasteiger partial charge in [-0.05, 0) is 43.5 Å². The molecule has 1 aromatic rings. The van der Waals surface area contributed by atoms with E-state index in [0.29, 0.717) is 6.61 Å². The molecule has 1 saturated heterocycles. The van der Waals surface area contributed by atoms with Crippen molar-refractivity contribution >= 4 is 5.97 Å². The molecular formula is C17H25NO3. The van der Waals surface area contributed by atoms with Gasteiger partial charge < -0.3 is 9.84 Å². The van der Waals surface area contributed by atoms with Gasteiger partial charge in [-0.25, -0.2) is 0 Å². The minimum absolute atomic E-state index is 0.511. The van der Waals surface area contributed by atoms with Crippen LogP contribution in [0.2, 0.25) is 0 Å². The summed E-state index contributed by atoms with van der Waals surface area (Å²) >= 11 is 0. The number of carboxylic acids is 1. The average Bonchev–Trinajstić information content (AvgIpc) is 2.50. The van der Waals surface area contributed by atoms with Gasteiger partial charge in [0.1, 0.15) is 0 Å². The second-order valence-corrected chi connectivity index (χ2v) is 5.92. The highest BCUT2D eigenvalue weighted by molar-refractivity contribution is 5.74. The Labute approximate surface area is 126 Å². The summed E-state index contributed by atoms with van der Waals surface area (Å²) in [5.74, 6) is -0.635. The molecule has 1 aliphatic rings. The first-order valence-electron chi connectivity index (χ1n) is 7.63. The van der Waals surface area contributed by atoms with Crippen molar-refractivity contribution in [1.29, 1.82) is 0 Å². The second-order valence-electron chi connectivity index (χ2n) is 5.92. The molecule has 0 bridgehead atoms. The van der Waals surface area contributed by atoms with Gasteiger partial charge >= 0.3 is 5.97 Å². The zero-order valence-corrected chi connectivity index (χ0v) is 13.0. The Hall–Kier alpha value is -1.39. The Morgan fingerprint density at radius 1 is 1.29 bits per heavy atom. The summed E-state index contributed by atoms with van der Waals surface area (Å²) in [7, 11) is 1.71. The van der Waals surface area contributed by atoms with E-state index in [1.165, 1.54) is 11.1 Å². The molecule has 0 aromatic heterocycles. The third-order valence-electron chi connectivity index (χ3n) is 4.76. The Morgan fingerprint density at radius 2 is 1.90 bits per heavy atom. The lowest BCUT2D eigenvalue weighted by atomic mass is 9.76. The summed E-state index contributed by atoms with van der Waals surface area (Å²) in [4.78, 5) is 13.8. The fourth-order valence-electron chi connectivity index (χ4n) is 3.11. The third kappa shape index (κ3) is 3.63. The molecule has 0 amide bonds. The molecule has 116 valence electrons. The van der Waals surface area contributed by atoms with Gasteiger partial charge in [-0.15, -0.1) is 0 Å². The fraction of sp³-hybridized carbons (Fsp3) is 0.588. The molecule has 0 unspecified atom stereocenters. The van der Waals surface area contributed by atoms with Crippen molar-refractivity contribution in [2.75, 3.05) is 20.2 Å². The van der Waals surface area contributed by atoms with Crippen molar-refractivity contribution in [2.45, 2.75) is 39.3 Å². The normalized spacial score (nSPS) is 18.6. The molecular weight excluding hydrogens is 266 g/mol. The number of likely N-dealkylation sites (tertiary alicyclic amines) is 1. The molecule has 0 spiro atoms. The molecule has 1 heterocycles. The van der Waals surface area contributed by atoms with Crippen LogP contribution >= 0.6 is 0 Å². The summed E-state index contributed by atoms with van der Waals surface area (Å²) < 4.78 is 5.24. The van der Waals surface area contributed by atoms with Crippen LogP contribution in [0.25, 0.3) is 0 Å². The Morgan fingerprint density at radius 3 is 2.43 bits per heavy atom. The lowest BCUT2D eigenvalue weighted by Crippen LogP contribution is -2.43. The van der Waals surface area contributed by atoms with Gasteiger partial charge in [0.15, 0.2) is 0 Å². The van der Waals surface area contributed by atoms with Gasteiger partial charge in [0.2, 0.25) is 0 Å². The van der Waals surface area contributed by atoms with Crippen LogP contribution in [0.3, 0.4) is 0 Å². The first-order valence-corrected chi connectivity index (χ1v) is 7.63. The van der Waals surface area contributed by atoms with Gasteiger partial charge in [-0.2, -0.15) is 0 Å². The summed E-state index contributed by atoms with van der Waals surface area (Å²) in [6, 6.07) is 8.30. The maximum absolute atomic E-state index is 11.5. The molecule has 1 aliphatic heterocycles. The molecule has 0 radical (unpaired) electrons. The number of rotatable bonds is 6. The minimum atomic E-state index is -0.635. The molecule has 0 aliphatic carbocycles. The summed E-state index contributed by atoms with van der Waals surface area (Å²) in [6.45, 7) is 5.18. The number of ether oxygens (including phenoxy) is 1. The van der Waals surface area contributed by atoms with Crippen molar-refractivity contribution in [2.24, 2.45) is 5.41 Å². The molecule has 2 rings (SSSR count). The highest BCUT2D eigenvalue weighted by atomic mass is 16.5. The Balaban J connectivity index is 1.99. The maximum Gasteiger partial charge on any atom is 0.309 e. The number of aliphatic carboxylic acids is 1. The van der Waals surface area contributed by atoms with Crippen LogP contribution < -0.4 is 0 Å². The lowest BCUT2D eigenvalue weighted by Gasteiger charge is -2.38. The number of carboxylic acid groups (broad SMARTS) is 1. The summed E-state index contributed by atoms with van der Waals surface area (Å²) in [5, 5.41) is 9.44. The Bertz CT molecular complexity index is 479. The molecule has 0 atom stereocenters. The average molecular weight is 291 g/mol. The van der Waals surface area contributed by atoms with Crippen molar-refractivity contribution < 1.29 is 14.6 Å². The maximum atomic E-state index is 11.5. The van der Waals surface area contributed by atoms with Crippen molar-refractivity contribution in [1.82, 2.24) is 4.90 Å². The summed E-state index contributed by atoms with van der Waals surface area (Å²) in [6.07, 6.45) is 2.20. The minimum Gasteiger partial charge on any atom is -0.481 e. The second kappa shape index (κ2) is 7.05. The number of piperidine rings is 1. The van der Waals surface area contributed by atoms with Crippen molar-refractivity contribution in [3.63, 3.8) is 0 Å². The molecule has 0 saturated carbocycles. The quantitative estimate of drug-likeness (QED) is 0.875. The van der Waals surface area contributed by atoms with Crippen LogP contribution in [-0.4, -0.2) is 36.2 Å². The van der Waals surface area contributed by atoms with Crippen LogP contribution in [0.4, 0.5) is 0 Å². The van der Waals surface area contributed by atoms with Gasteiger partial charge in [0.25, 0.3) is 0 Å². The highest BCUT2D eigenvalue weighted by Crippen LogP contribution is 2.35. The van der Waals surface area contributed by atoms with E-state index in [2.05, 4.69) is 17.0 Å². The highest BCUT2D eigenvalue weighted by Gasteiger charge is 2.39. The number of nitrogens with zero attached hydrogens (tertiary/aromatic N) is 1. The van der Waals surface area contributed by atoms with Crippen LogP contribution in [0, 0.1) is 5.41 Å². The van der Waals surface area contributed by atoms with Crippen molar-refractivity contribution in [3.05, 3.63) is 35.4 Å².